The fourth-order valence-electron chi connectivity index (χ4n) is 2.37. The van der Waals surface area contributed by atoms with Crippen LogP contribution in [0.1, 0.15) is 22.8 Å². The van der Waals surface area contributed by atoms with E-state index in [1.165, 1.54) is 25.3 Å². The molecule has 2 aromatic rings. The lowest BCUT2D eigenvalue weighted by Crippen LogP contribution is -2.18. The molecule has 0 spiro atoms. The van der Waals surface area contributed by atoms with Crippen LogP contribution in [0.2, 0.25) is 0 Å². The Kier molecular flexibility index (Phi) is 7.25. The molecule has 0 aromatic heterocycles. The second-order valence-electron chi connectivity index (χ2n) is 6.15. The Hall–Kier alpha value is -3.48. The van der Waals surface area contributed by atoms with Gasteiger partial charge in [0.1, 0.15) is 11.6 Å². The molecule has 0 aliphatic rings. The Labute approximate surface area is 169 Å². The minimum atomic E-state index is -3.72. The Morgan fingerprint density at radius 3 is 2.24 bits per heavy atom. The van der Waals surface area contributed by atoms with Crippen LogP contribution in [0.5, 0.6) is 0 Å². The normalized spacial score (nSPS) is 11.4. The van der Waals surface area contributed by atoms with Gasteiger partial charge >= 0.3 is 0 Å². The Morgan fingerprint density at radius 2 is 1.72 bits per heavy atom. The second kappa shape index (κ2) is 9.64. The highest BCUT2D eigenvalue weighted by Gasteiger charge is 2.10. The molecule has 0 unspecified atom stereocenters. The largest absolute Gasteiger partial charge is 0.389 e. The van der Waals surface area contributed by atoms with E-state index in [1.807, 2.05) is 6.07 Å². The number of carbonyl (C=O) groups is 2. The van der Waals surface area contributed by atoms with Gasteiger partial charge < -0.3 is 10.6 Å². The molecule has 0 atom stereocenters. The van der Waals surface area contributed by atoms with Gasteiger partial charge in [0.15, 0.2) is 5.78 Å². The van der Waals surface area contributed by atoms with Crippen LogP contribution in [0.4, 0.5) is 5.69 Å². The lowest BCUT2D eigenvalue weighted by molar-refractivity contribution is -0.112. The molecular weight excluding hydrogens is 392 g/mol. The van der Waals surface area contributed by atoms with Crippen molar-refractivity contribution in [2.24, 2.45) is 5.14 Å². The van der Waals surface area contributed by atoms with Crippen molar-refractivity contribution in [3.8, 4) is 6.07 Å². The SMILES string of the molecule is CC(=O)c1ccc(NC(=O)/C(C#N)=C\NCCc2ccc(S(N)(=O)=O)cc2)cc1. The number of nitrogens with one attached hydrogen (secondary N) is 2. The van der Waals surface area contributed by atoms with E-state index >= 15 is 0 Å². The number of amides is 1. The number of primary sulfonamides is 1. The summed E-state index contributed by atoms with van der Waals surface area (Å²) in [4.78, 5) is 23.5. The second-order valence-corrected chi connectivity index (χ2v) is 7.71. The number of nitrogens with zero attached hydrogens (tertiary/aromatic N) is 1. The molecule has 0 radical (unpaired) electrons. The molecule has 0 aliphatic carbocycles. The van der Waals surface area contributed by atoms with Crippen molar-refractivity contribution in [1.29, 1.82) is 5.26 Å². The molecule has 2 aromatic carbocycles. The summed E-state index contributed by atoms with van der Waals surface area (Å²) in [6.45, 7) is 1.88. The van der Waals surface area contributed by atoms with E-state index < -0.39 is 15.9 Å². The van der Waals surface area contributed by atoms with Crippen molar-refractivity contribution >= 4 is 27.4 Å². The molecule has 0 aliphatic heterocycles. The number of nitriles is 1. The van der Waals surface area contributed by atoms with Gasteiger partial charge in [0, 0.05) is 24.0 Å². The van der Waals surface area contributed by atoms with Crippen LogP contribution >= 0.6 is 0 Å². The maximum atomic E-state index is 12.2. The first-order chi connectivity index (χ1) is 13.7. The highest BCUT2D eigenvalue weighted by atomic mass is 32.2. The summed E-state index contributed by atoms with van der Waals surface area (Å²) >= 11 is 0. The number of nitrogens with two attached hydrogens (primary N) is 1. The number of hydrogen-bond donors (Lipinski definition) is 3. The van der Waals surface area contributed by atoms with Crippen LogP contribution in [0, 0.1) is 11.3 Å². The third-order valence-electron chi connectivity index (χ3n) is 3.97. The zero-order valence-corrected chi connectivity index (χ0v) is 16.5. The molecule has 8 nitrogen and oxygen atoms in total. The quantitative estimate of drug-likeness (QED) is 0.261. The molecule has 0 saturated heterocycles. The van der Waals surface area contributed by atoms with Gasteiger partial charge in [0.25, 0.3) is 5.91 Å². The van der Waals surface area contributed by atoms with E-state index in [-0.39, 0.29) is 16.3 Å². The number of hydrogen-bond acceptors (Lipinski definition) is 6. The predicted molar refractivity (Wildman–Crippen MR) is 108 cm³/mol. The van der Waals surface area contributed by atoms with Gasteiger partial charge in [-0.15, -0.1) is 0 Å². The summed E-state index contributed by atoms with van der Waals surface area (Å²) in [5.41, 5.74) is 1.76. The molecule has 29 heavy (non-hydrogen) atoms. The minimum absolute atomic E-state index is 0.0360. The zero-order valence-electron chi connectivity index (χ0n) is 15.7. The van der Waals surface area contributed by atoms with Crippen molar-refractivity contribution in [3.63, 3.8) is 0 Å². The molecule has 2 rings (SSSR count). The number of rotatable bonds is 8. The predicted octanol–water partition coefficient (Wildman–Crippen LogP) is 1.71. The van der Waals surface area contributed by atoms with E-state index in [0.717, 1.165) is 5.56 Å². The fraction of sp³-hybridized carbons (Fsp3) is 0.150. The summed E-state index contributed by atoms with van der Waals surface area (Å²) in [6.07, 6.45) is 1.87. The molecule has 0 bridgehead atoms. The summed E-state index contributed by atoms with van der Waals surface area (Å²) < 4.78 is 22.5. The monoisotopic (exact) mass is 412 g/mol. The topological polar surface area (TPSA) is 142 Å². The van der Waals surface area contributed by atoms with E-state index in [0.29, 0.717) is 24.2 Å². The lowest BCUT2D eigenvalue weighted by atomic mass is 10.1. The first kappa shape index (κ1) is 21.8. The molecule has 9 heteroatoms. The maximum absolute atomic E-state index is 12.2. The molecule has 1 amide bonds. The Balaban J connectivity index is 1.90. The maximum Gasteiger partial charge on any atom is 0.267 e. The number of carbonyl (C=O) groups excluding carboxylic acids is 2. The first-order valence-corrected chi connectivity index (χ1v) is 10.1. The summed E-state index contributed by atoms with van der Waals surface area (Å²) in [6, 6.07) is 14.3. The van der Waals surface area contributed by atoms with Crippen LogP contribution < -0.4 is 15.8 Å². The van der Waals surface area contributed by atoms with Gasteiger partial charge in [-0.3, -0.25) is 9.59 Å². The molecule has 0 fully saturated rings. The van der Waals surface area contributed by atoms with Crippen LogP contribution in [0.15, 0.2) is 65.2 Å². The molecular formula is C20H20N4O4S. The van der Waals surface area contributed by atoms with Crippen LogP contribution in [-0.2, 0) is 21.2 Å². The van der Waals surface area contributed by atoms with Crippen molar-refractivity contribution in [1.82, 2.24) is 5.32 Å². The molecule has 0 saturated carbocycles. The van der Waals surface area contributed by atoms with E-state index in [9.17, 15) is 23.3 Å². The number of benzene rings is 2. The van der Waals surface area contributed by atoms with Gasteiger partial charge in [-0.1, -0.05) is 12.1 Å². The Morgan fingerprint density at radius 1 is 1.10 bits per heavy atom. The Bertz CT molecular complexity index is 1070. The fourth-order valence-corrected chi connectivity index (χ4v) is 2.89. The van der Waals surface area contributed by atoms with Crippen LogP contribution in [0.3, 0.4) is 0 Å². The number of ketones is 1. The van der Waals surface area contributed by atoms with Crippen molar-refractivity contribution in [2.75, 3.05) is 11.9 Å². The van der Waals surface area contributed by atoms with Crippen molar-refractivity contribution < 1.29 is 18.0 Å². The van der Waals surface area contributed by atoms with Gasteiger partial charge in [-0.2, -0.15) is 5.26 Å². The first-order valence-electron chi connectivity index (χ1n) is 8.58. The average molecular weight is 412 g/mol. The van der Waals surface area contributed by atoms with Gasteiger partial charge in [-0.05, 0) is 55.3 Å². The van der Waals surface area contributed by atoms with E-state index in [4.69, 9.17) is 5.14 Å². The highest BCUT2D eigenvalue weighted by molar-refractivity contribution is 7.89. The smallest absolute Gasteiger partial charge is 0.267 e. The zero-order chi connectivity index (χ0) is 21.4. The standard InChI is InChI=1S/C20H20N4O4S/c1-14(25)16-4-6-18(7-5-16)24-20(26)17(12-21)13-23-11-10-15-2-8-19(9-3-15)29(22,27)28/h2-9,13,23H,10-11H2,1H3,(H,24,26)(H2,22,27,28)/b17-13-. The van der Waals surface area contributed by atoms with Crippen LogP contribution in [-0.4, -0.2) is 26.7 Å². The minimum Gasteiger partial charge on any atom is -0.389 e. The van der Waals surface area contributed by atoms with Crippen molar-refractivity contribution in [2.45, 2.75) is 18.2 Å². The van der Waals surface area contributed by atoms with Gasteiger partial charge in [0.2, 0.25) is 10.0 Å². The molecule has 150 valence electrons. The van der Waals surface area contributed by atoms with Crippen molar-refractivity contribution in [3.05, 3.63) is 71.4 Å². The third-order valence-corrected chi connectivity index (χ3v) is 4.90. The average Bonchev–Trinajstić information content (AvgIpc) is 2.68. The van der Waals surface area contributed by atoms with Crippen LogP contribution in [0.25, 0.3) is 0 Å². The summed E-state index contributed by atoms with van der Waals surface area (Å²) in [5, 5.41) is 19.7. The highest BCUT2D eigenvalue weighted by Crippen LogP contribution is 2.11. The number of anilines is 1. The number of Topliss-reactive ketones (excluding diaryl/α,β-unsaturated/α-hetero) is 1. The van der Waals surface area contributed by atoms with E-state index in [1.54, 1.807) is 36.4 Å². The van der Waals surface area contributed by atoms with Gasteiger partial charge in [0.05, 0.1) is 4.90 Å². The molecule has 0 heterocycles. The number of sulfonamides is 1. The lowest BCUT2D eigenvalue weighted by Gasteiger charge is -2.06. The summed E-state index contributed by atoms with van der Waals surface area (Å²) in [5.74, 6) is -0.656. The third kappa shape index (κ3) is 6.57. The summed E-state index contributed by atoms with van der Waals surface area (Å²) in [7, 11) is -3.72. The van der Waals surface area contributed by atoms with E-state index in [2.05, 4.69) is 10.6 Å². The molecule has 4 N–H and O–H groups in total. The van der Waals surface area contributed by atoms with Gasteiger partial charge in [-0.25, -0.2) is 13.6 Å².